The third-order valence-corrected chi connectivity index (χ3v) is 2.91. The third kappa shape index (κ3) is 4.88. The zero-order valence-electron chi connectivity index (χ0n) is 11.7. The molecule has 0 aliphatic heterocycles. The normalized spacial score (nSPS) is 12.0. The Balaban J connectivity index is 2.88. The molecule has 1 rings (SSSR count). The van der Waals surface area contributed by atoms with Gasteiger partial charge in [0.25, 0.3) is 0 Å². The average Bonchev–Trinajstić information content (AvgIpc) is 2.39. The molecule has 3 N–H and O–H groups in total. The van der Waals surface area contributed by atoms with E-state index in [2.05, 4.69) is 5.32 Å². The van der Waals surface area contributed by atoms with E-state index in [0.717, 1.165) is 12.1 Å². The van der Waals surface area contributed by atoms with Gasteiger partial charge >= 0.3 is 18.0 Å². The van der Waals surface area contributed by atoms with E-state index in [9.17, 15) is 22.8 Å². The van der Waals surface area contributed by atoms with E-state index >= 15 is 0 Å². The fraction of sp³-hybridized carbons (Fsp3) is 0.385. The van der Waals surface area contributed by atoms with Crippen LogP contribution in [0.2, 0.25) is 5.02 Å². The number of nitrogens with one attached hydrogen (secondary N) is 2. The zero-order valence-corrected chi connectivity index (χ0v) is 12.5. The molecular weight excluding hydrogens is 325 g/mol. The first-order chi connectivity index (χ1) is 9.96. The monoisotopic (exact) mass is 338 g/mol. The summed E-state index contributed by atoms with van der Waals surface area (Å²) in [6.07, 6.45) is -4.68. The van der Waals surface area contributed by atoms with Gasteiger partial charge in [0.1, 0.15) is 0 Å². The van der Waals surface area contributed by atoms with Gasteiger partial charge in [-0.3, -0.25) is 9.59 Å². The van der Waals surface area contributed by atoms with E-state index in [4.69, 9.17) is 16.7 Å². The van der Waals surface area contributed by atoms with Crippen molar-refractivity contribution in [3.63, 3.8) is 0 Å². The summed E-state index contributed by atoms with van der Waals surface area (Å²) in [4.78, 5) is 23.2. The van der Waals surface area contributed by atoms with Crippen molar-refractivity contribution >= 4 is 29.1 Å². The number of aliphatic hydroxyl groups is 1. The SMILES string of the molecule is CC(C)(CO)NC(=O)C(=O)Nc1ccc(Cl)c(C(F)(F)F)c1. The highest BCUT2D eigenvalue weighted by Gasteiger charge is 2.33. The molecule has 5 nitrogen and oxygen atoms in total. The molecule has 0 atom stereocenters. The van der Waals surface area contributed by atoms with Crippen LogP contribution in [0, 0.1) is 0 Å². The molecule has 22 heavy (non-hydrogen) atoms. The Hall–Kier alpha value is -1.80. The van der Waals surface area contributed by atoms with E-state index < -0.39 is 40.7 Å². The van der Waals surface area contributed by atoms with Crippen molar-refractivity contribution in [3.8, 4) is 0 Å². The topological polar surface area (TPSA) is 78.4 Å². The second kappa shape index (κ2) is 6.53. The molecular formula is C13H14ClF3N2O3. The minimum Gasteiger partial charge on any atom is -0.394 e. The average molecular weight is 339 g/mol. The van der Waals surface area contributed by atoms with Crippen molar-refractivity contribution in [2.24, 2.45) is 0 Å². The van der Waals surface area contributed by atoms with Crippen molar-refractivity contribution in [2.45, 2.75) is 25.6 Å². The van der Waals surface area contributed by atoms with Crippen LogP contribution in [0.4, 0.5) is 18.9 Å². The number of alkyl halides is 3. The van der Waals surface area contributed by atoms with Crippen LogP contribution in [-0.4, -0.2) is 29.1 Å². The number of carbonyl (C=O) groups excluding carboxylic acids is 2. The van der Waals surface area contributed by atoms with Crippen molar-refractivity contribution < 1.29 is 27.9 Å². The van der Waals surface area contributed by atoms with Gasteiger partial charge in [0, 0.05) is 5.69 Å². The first-order valence-electron chi connectivity index (χ1n) is 6.07. The van der Waals surface area contributed by atoms with Gasteiger partial charge in [-0.25, -0.2) is 0 Å². The predicted octanol–water partition coefficient (Wildman–Crippen LogP) is 2.18. The van der Waals surface area contributed by atoms with Crippen molar-refractivity contribution in [1.29, 1.82) is 0 Å². The van der Waals surface area contributed by atoms with Gasteiger partial charge in [0.05, 0.1) is 22.7 Å². The zero-order chi connectivity index (χ0) is 17.1. The van der Waals surface area contributed by atoms with Crippen molar-refractivity contribution in [2.75, 3.05) is 11.9 Å². The van der Waals surface area contributed by atoms with E-state index in [0.29, 0.717) is 6.07 Å². The fourth-order valence-electron chi connectivity index (χ4n) is 1.41. The molecule has 0 heterocycles. The molecule has 122 valence electrons. The number of carbonyl (C=O) groups is 2. The second-order valence-corrected chi connectivity index (χ2v) is 5.55. The summed E-state index contributed by atoms with van der Waals surface area (Å²) in [7, 11) is 0. The summed E-state index contributed by atoms with van der Waals surface area (Å²) in [5.41, 5.74) is -2.38. The van der Waals surface area contributed by atoms with E-state index in [1.807, 2.05) is 5.32 Å². The summed E-state index contributed by atoms with van der Waals surface area (Å²) in [5, 5.41) is 12.7. The summed E-state index contributed by atoms with van der Waals surface area (Å²) in [5.74, 6) is -2.24. The quantitative estimate of drug-likeness (QED) is 0.739. The van der Waals surface area contributed by atoms with Crippen LogP contribution in [-0.2, 0) is 15.8 Å². The van der Waals surface area contributed by atoms with Crippen LogP contribution in [0.25, 0.3) is 0 Å². The molecule has 0 unspecified atom stereocenters. The maximum atomic E-state index is 12.7. The van der Waals surface area contributed by atoms with Crippen LogP contribution in [0.15, 0.2) is 18.2 Å². The van der Waals surface area contributed by atoms with Crippen LogP contribution in [0.3, 0.4) is 0 Å². The minimum atomic E-state index is -4.68. The fourth-order valence-corrected chi connectivity index (χ4v) is 1.64. The molecule has 0 saturated carbocycles. The van der Waals surface area contributed by atoms with Crippen molar-refractivity contribution in [3.05, 3.63) is 28.8 Å². The molecule has 0 radical (unpaired) electrons. The lowest BCUT2D eigenvalue weighted by Gasteiger charge is -2.22. The van der Waals surface area contributed by atoms with Crippen LogP contribution >= 0.6 is 11.6 Å². The number of hydrogen-bond acceptors (Lipinski definition) is 3. The summed E-state index contributed by atoms with van der Waals surface area (Å²) < 4.78 is 38.1. The molecule has 2 amide bonds. The van der Waals surface area contributed by atoms with Crippen molar-refractivity contribution in [1.82, 2.24) is 5.32 Å². The van der Waals surface area contributed by atoms with Gasteiger partial charge in [-0.2, -0.15) is 13.2 Å². The Morgan fingerprint density at radius 1 is 1.23 bits per heavy atom. The summed E-state index contributed by atoms with van der Waals surface area (Å²) >= 11 is 5.45. The molecule has 0 aliphatic carbocycles. The Bertz CT molecular complexity index is 588. The molecule has 0 aliphatic rings. The molecule has 0 fully saturated rings. The number of amides is 2. The molecule has 0 spiro atoms. The Labute approximate surface area is 129 Å². The predicted molar refractivity (Wildman–Crippen MR) is 74.4 cm³/mol. The Kier molecular flexibility index (Phi) is 5.42. The maximum Gasteiger partial charge on any atom is 0.417 e. The standard InChI is InChI=1S/C13H14ClF3N2O3/c1-12(2,6-20)19-11(22)10(21)18-7-3-4-9(14)8(5-7)13(15,16)17/h3-5,20H,6H2,1-2H3,(H,18,21)(H,19,22). The largest absolute Gasteiger partial charge is 0.417 e. The number of benzene rings is 1. The number of aliphatic hydroxyl groups excluding tert-OH is 1. The highest BCUT2D eigenvalue weighted by Crippen LogP contribution is 2.36. The molecule has 9 heteroatoms. The molecule has 1 aromatic carbocycles. The van der Waals surface area contributed by atoms with E-state index in [-0.39, 0.29) is 5.69 Å². The molecule has 1 aromatic rings. The smallest absolute Gasteiger partial charge is 0.394 e. The van der Waals surface area contributed by atoms with Gasteiger partial charge in [-0.15, -0.1) is 0 Å². The van der Waals surface area contributed by atoms with E-state index in [1.54, 1.807) is 0 Å². The molecule has 0 bridgehead atoms. The van der Waals surface area contributed by atoms with E-state index in [1.165, 1.54) is 13.8 Å². The molecule has 0 saturated heterocycles. The van der Waals surface area contributed by atoms with Gasteiger partial charge in [-0.05, 0) is 32.0 Å². The lowest BCUT2D eigenvalue weighted by atomic mass is 10.1. The van der Waals surface area contributed by atoms with Gasteiger partial charge < -0.3 is 15.7 Å². The Morgan fingerprint density at radius 3 is 2.32 bits per heavy atom. The van der Waals surface area contributed by atoms with Crippen LogP contribution < -0.4 is 10.6 Å². The van der Waals surface area contributed by atoms with Gasteiger partial charge in [0.2, 0.25) is 0 Å². The number of hydrogen-bond donors (Lipinski definition) is 3. The van der Waals surface area contributed by atoms with Crippen LogP contribution in [0.1, 0.15) is 19.4 Å². The lowest BCUT2D eigenvalue weighted by Crippen LogP contribution is -2.50. The first-order valence-corrected chi connectivity index (χ1v) is 6.45. The van der Waals surface area contributed by atoms with Gasteiger partial charge in [-0.1, -0.05) is 11.6 Å². The van der Waals surface area contributed by atoms with Gasteiger partial charge in [0.15, 0.2) is 0 Å². The number of anilines is 1. The maximum absolute atomic E-state index is 12.7. The second-order valence-electron chi connectivity index (χ2n) is 5.14. The minimum absolute atomic E-state index is 0.223. The van der Waals surface area contributed by atoms with Crippen LogP contribution in [0.5, 0.6) is 0 Å². The summed E-state index contributed by atoms with van der Waals surface area (Å²) in [6.45, 7) is 2.54. The number of rotatable bonds is 3. The summed E-state index contributed by atoms with van der Waals surface area (Å²) in [6, 6.07) is 2.74. The highest BCUT2D eigenvalue weighted by molar-refractivity contribution is 6.39. The first kappa shape index (κ1) is 18.2. The Morgan fingerprint density at radius 2 is 1.82 bits per heavy atom. The number of halogens is 4. The third-order valence-electron chi connectivity index (χ3n) is 2.58. The highest BCUT2D eigenvalue weighted by atomic mass is 35.5. The molecule has 0 aromatic heterocycles. The lowest BCUT2D eigenvalue weighted by molar-refractivity contribution is -0.137.